The van der Waals surface area contributed by atoms with E-state index in [4.69, 9.17) is 11.6 Å². The zero-order valence-corrected chi connectivity index (χ0v) is 12.8. The van der Waals surface area contributed by atoms with Gasteiger partial charge >= 0.3 is 0 Å². The van der Waals surface area contributed by atoms with Gasteiger partial charge in [0.15, 0.2) is 0 Å². The second-order valence-electron chi connectivity index (χ2n) is 4.95. The molecule has 18 heavy (non-hydrogen) atoms. The SMILES string of the molecule is CCCN1CCC(NS(=O)(=O)CCCCCl)CC1. The van der Waals surface area contributed by atoms with E-state index in [0.29, 0.717) is 12.3 Å². The van der Waals surface area contributed by atoms with Gasteiger partial charge in [-0.2, -0.15) is 0 Å². The molecule has 0 bridgehead atoms. The summed E-state index contributed by atoms with van der Waals surface area (Å²) in [6.45, 7) is 5.30. The van der Waals surface area contributed by atoms with Crippen molar-refractivity contribution >= 4 is 21.6 Å². The Labute approximate surface area is 116 Å². The van der Waals surface area contributed by atoms with Crippen LogP contribution in [0.3, 0.4) is 0 Å². The van der Waals surface area contributed by atoms with Crippen molar-refractivity contribution in [3.05, 3.63) is 0 Å². The van der Waals surface area contributed by atoms with Crippen LogP contribution >= 0.6 is 11.6 Å². The zero-order chi connectivity index (χ0) is 13.4. The molecular weight excluding hydrogens is 272 g/mol. The maximum absolute atomic E-state index is 11.8. The van der Waals surface area contributed by atoms with Crippen molar-refractivity contribution in [1.82, 2.24) is 9.62 Å². The summed E-state index contributed by atoms with van der Waals surface area (Å²) < 4.78 is 26.4. The molecule has 6 heteroatoms. The topological polar surface area (TPSA) is 49.4 Å². The minimum absolute atomic E-state index is 0.124. The third-order valence-electron chi connectivity index (χ3n) is 3.27. The number of hydrogen-bond donors (Lipinski definition) is 1. The van der Waals surface area contributed by atoms with Crippen molar-refractivity contribution in [3.8, 4) is 0 Å². The van der Waals surface area contributed by atoms with Crippen molar-refractivity contribution in [1.29, 1.82) is 0 Å². The van der Waals surface area contributed by atoms with E-state index in [0.717, 1.165) is 45.3 Å². The van der Waals surface area contributed by atoms with Crippen LogP contribution in [-0.4, -0.2) is 50.6 Å². The fraction of sp³-hybridized carbons (Fsp3) is 1.00. The summed E-state index contributed by atoms with van der Waals surface area (Å²) in [6, 6.07) is 0.124. The molecule has 0 saturated carbocycles. The number of nitrogens with zero attached hydrogens (tertiary/aromatic N) is 1. The average molecular weight is 297 g/mol. The van der Waals surface area contributed by atoms with Gasteiger partial charge in [0.2, 0.25) is 10.0 Å². The predicted octanol–water partition coefficient (Wildman–Crippen LogP) is 1.80. The van der Waals surface area contributed by atoms with Crippen molar-refractivity contribution in [3.63, 3.8) is 0 Å². The molecule has 1 aliphatic rings. The van der Waals surface area contributed by atoms with Gasteiger partial charge in [-0.1, -0.05) is 6.92 Å². The van der Waals surface area contributed by atoms with Crippen LogP contribution in [0.2, 0.25) is 0 Å². The molecule has 1 saturated heterocycles. The first-order valence-electron chi connectivity index (χ1n) is 6.85. The van der Waals surface area contributed by atoms with Crippen molar-refractivity contribution in [2.24, 2.45) is 0 Å². The molecule has 1 N–H and O–H groups in total. The Hall–Kier alpha value is 0.160. The van der Waals surface area contributed by atoms with Gasteiger partial charge in [0.1, 0.15) is 0 Å². The molecule has 0 aromatic heterocycles. The number of nitrogens with one attached hydrogen (secondary N) is 1. The Kier molecular flexibility index (Phi) is 7.53. The Morgan fingerprint density at radius 1 is 1.28 bits per heavy atom. The molecule has 0 aromatic carbocycles. The van der Waals surface area contributed by atoms with E-state index in [1.165, 1.54) is 0 Å². The molecule has 1 heterocycles. The smallest absolute Gasteiger partial charge is 0.211 e. The molecule has 0 atom stereocenters. The zero-order valence-electron chi connectivity index (χ0n) is 11.2. The molecule has 0 spiro atoms. The van der Waals surface area contributed by atoms with Gasteiger partial charge in [0.05, 0.1) is 5.75 Å². The van der Waals surface area contributed by atoms with Crippen LogP contribution < -0.4 is 4.72 Å². The van der Waals surface area contributed by atoms with Gasteiger partial charge in [-0.15, -0.1) is 11.6 Å². The van der Waals surface area contributed by atoms with Gasteiger partial charge in [0.25, 0.3) is 0 Å². The molecule has 1 aliphatic heterocycles. The van der Waals surface area contributed by atoms with E-state index in [2.05, 4.69) is 16.5 Å². The highest BCUT2D eigenvalue weighted by molar-refractivity contribution is 7.89. The number of rotatable bonds is 8. The van der Waals surface area contributed by atoms with E-state index in [1.807, 2.05) is 0 Å². The summed E-state index contributed by atoms with van der Waals surface area (Å²) in [7, 11) is -3.11. The van der Waals surface area contributed by atoms with E-state index in [-0.39, 0.29) is 11.8 Å². The largest absolute Gasteiger partial charge is 0.303 e. The van der Waals surface area contributed by atoms with Crippen LogP contribution in [0.25, 0.3) is 0 Å². The van der Waals surface area contributed by atoms with Crippen molar-refractivity contribution in [2.75, 3.05) is 31.3 Å². The lowest BCUT2D eigenvalue weighted by Crippen LogP contribution is -2.45. The molecule has 1 fully saturated rings. The van der Waals surface area contributed by atoms with Gasteiger partial charge < -0.3 is 4.90 Å². The number of halogens is 1. The maximum atomic E-state index is 11.8. The lowest BCUT2D eigenvalue weighted by Gasteiger charge is -2.31. The molecule has 108 valence electrons. The van der Waals surface area contributed by atoms with E-state index < -0.39 is 10.0 Å². The second-order valence-corrected chi connectivity index (χ2v) is 7.20. The van der Waals surface area contributed by atoms with Crippen LogP contribution in [0, 0.1) is 0 Å². The highest BCUT2D eigenvalue weighted by atomic mass is 35.5. The first-order valence-corrected chi connectivity index (χ1v) is 9.04. The number of likely N-dealkylation sites (tertiary alicyclic amines) is 1. The number of piperidine rings is 1. The summed E-state index contributed by atoms with van der Waals surface area (Å²) >= 11 is 5.55. The summed E-state index contributed by atoms with van der Waals surface area (Å²) in [4.78, 5) is 2.40. The third kappa shape index (κ3) is 6.36. The first-order chi connectivity index (χ1) is 8.57. The normalized spacial score (nSPS) is 19.2. The van der Waals surface area contributed by atoms with E-state index in [9.17, 15) is 8.42 Å². The standard InChI is InChI=1S/C12H25ClN2O2S/c1-2-8-15-9-5-12(6-10-15)14-18(16,17)11-4-3-7-13/h12,14H,2-11H2,1H3. The first kappa shape index (κ1) is 16.2. The maximum Gasteiger partial charge on any atom is 0.211 e. The lowest BCUT2D eigenvalue weighted by molar-refractivity contribution is 0.208. The van der Waals surface area contributed by atoms with Crippen LogP contribution in [0.4, 0.5) is 0 Å². The molecule has 0 amide bonds. The molecular formula is C12H25ClN2O2S. The molecule has 4 nitrogen and oxygen atoms in total. The van der Waals surface area contributed by atoms with Crippen molar-refractivity contribution < 1.29 is 8.42 Å². The van der Waals surface area contributed by atoms with Gasteiger partial charge in [-0.25, -0.2) is 13.1 Å². The summed E-state index contributed by atoms with van der Waals surface area (Å²) in [5.74, 6) is 0.736. The Morgan fingerprint density at radius 2 is 1.94 bits per heavy atom. The van der Waals surface area contributed by atoms with Crippen LogP contribution in [-0.2, 0) is 10.0 Å². The summed E-state index contributed by atoms with van der Waals surface area (Å²) in [5.41, 5.74) is 0. The van der Waals surface area contributed by atoms with E-state index in [1.54, 1.807) is 0 Å². The Bertz CT molecular complexity index is 314. The number of hydrogen-bond acceptors (Lipinski definition) is 3. The van der Waals surface area contributed by atoms with Gasteiger partial charge in [-0.3, -0.25) is 0 Å². The average Bonchev–Trinajstić information content (AvgIpc) is 2.32. The van der Waals surface area contributed by atoms with Gasteiger partial charge in [-0.05, 0) is 51.7 Å². The Balaban J connectivity index is 2.27. The predicted molar refractivity (Wildman–Crippen MR) is 76.6 cm³/mol. The molecule has 0 aromatic rings. The van der Waals surface area contributed by atoms with Gasteiger partial charge in [0, 0.05) is 11.9 Å². The summed E-state index contributed by atoms with van der Waals surface area (Å²) in [6.07, 6.45) is 4.42. The third-order valence-corrected chi connectivity index (χ3v) is 5.06. The molecule has 0 aliphatic carbocycles. The quantitative estimate of drug-likeness (QED) is 0.549. The highest BCUT2D eigenvalue weighted by Gasteiger charge is 2.22. The second kappa shape index (κ2) is 8.35. The van der Waals surface area contributed by atoms with Crippen LogP contribution in [0.5, 0.6) is 0 Å². The monoisotopic (exact) mass is 296 g/mol. The minimum atomic E-state index is -3.11. The molecule has 1 rings (SSSR count). The van der Waals surface area contributed by atoms with E-state index >= 15 is 0 Å². The minimum Gasteiger partial charge on any atom is -0.303 e. The highest BCUT2D eigenvalue weighted by Crippen LogP contribution is 2.12. The molecule has 0 radical (unpaired) electrons. The fourth-order valence-corrected chi connectivity index (χ4v) is 3.92. The van der Waals surface area contributed by atoms with Crippen LogP contribution in [0.15, 0.2) is 0 Å². The number of sulfonamides is 1. The molecule has 0 unspecified atom stereocenters. The fourth-order valence-electron chi connectivity index (χ4n) is 2.29. The number of alkyl halides is 1. The summed E-state index contributed by atoms with van der Waals surface area (Å²) in [5, 5.41) is 0. The van der Waals surface area contributed by atoms with Crippen molar-refractivity contribution in [2.45, 2.75) is 45.1 Å². The number of unbranched alkanes of at least 4 members (excludes halogenated alkanes) is 1. The lowest BCUT2D eigenvalue weighted by atomic mass is 10.1. The Morgan fingerprint density at radius 3 is 2.50 bits per heavy atom. The van der Waals surface area contributed by atoms with Crippen LogP contribution in [0.1, 0.15) is 39.0 Å².